The minimum Gasteiger partial charge on any atom is -0.352 e. The van der Waals surface area contributed by atoms with E-state index in [9.17, 15) is 4.79 Å². The summed E-state index contributed by atoms with van der Waals surface area (Å²) < 4.78 is 0. The number of amides is 1. The van der Waals surface area contributed by atoms with Gasteiger partial charge in [0.15, 0.2) is 0 Å². The van der Waals surface area contributed by atoms with Crippen LogP contribution in [0.3, 0.4) is 0 Å². The third kappa shape index (κ3) is 4.16. The number of hydrogen-bond acceptors (Lipinski definition) is 3. The van der Waals surface area contributed by atoms with E-state index < -0.39 is 0 Å². The van der Waals surface area contributed by atoms with E-state index >= 15 is 0 Å². The molecule has 0 aliphatic heterocycles. The van der Waals surface area contributed by atoms with Crippen molar-refractivity contribution in [2.75, 3.05) is 6.54 Å². The Kier molecular flexibility index (Phi) is 4.31. The van der Waals surface area contributed by atoms with Crippen LogP contribution in [0.5, 0.6) is 0 Å². The third-order valence-corrected chi connectivity index (χ3v) is 3.62. The van der Waals surface area contributed by atoms with Crippen LogP contribution in [0.4, 0.5) is 0 Å². The maximum absolute atomic E-state index is 11.7. The highest BCUT2D eigenvalue weighted by atomic mass is 16.1. The molecule has 0 bridgehead atoms. The molecule has 1 fully saturated rings. The van der Waals surface area contributed by atoms with Crippen molar-refractivity contribution in [1.82, 2.24) is 20.8 Å². The molecule has 1 aliphatic carbocycles. The second-order valence-corrected chi connectivity index (χ2v) is 5.42. The van der Waals surface area contributed by atoms with Crippen molar-refractivity contribution in [3.63, 3.8) is 0 Å². The predicted molar refractivity (Wildman–Crippen MR) is 81.5 cm³/mol. The Morgan fingerprint density at radius 1 is 1.24 bits per heavy atom. The van der Waals surface area contributed by atoms with Gasteiger partial charge in [0.1, 0.15) is 0 Å². The van der Waals surface area contributed by atoms with Crippen LogP contribution in [0, 0.1) is 0 Å². The normalized spacial score (nSPS) is 14.1. The smallest absolute Gasteiger partial charge is 0.221 e. The highest BCUT2D eigenvalue weighted by Gasteiger charge is 2.19. The summed E-state index contributed by atoms with van der Waals surface area (Å²) in [5.74, 6) is 0.0980. The first-order valence-electron chi connectivity index (χ1n) is 7.40. The molecule has 110 valence electrons. The van der Waals surface area contributed by atoms with Crippen LogP contribution in [-0.4, -0.2) is 28.7 Å². The van der Waals surface area contributed by atoms with E-state index in [1.807, 2.05) is 30.3 Å². The Morgan fingerprint density at radius 3 is 2.71 bits per heavy atom. The monoisotopic (exact) mass is 284 g/mol. The van der Waals surface area contributed by atoms with Gasteiger partial charge < -0.3 is 10.6 Å². The number of nitrogens with one attached hydrogen (secondary N) is 3. The number of nitrogens with zero attached hydrogens (tertiary/aromatic N) is 1. The average Bonchev–Trinajstić information content (AvgIpc) is 3.16. The van der Waals surface area contributed by atoms with Crippen LogP contribution < -0.4 is 10.6 Å². The van der Waals surface area contributed by atoms with Crippen molar-refractivity contribution in [2.45, 2.75) is 31.8 Å². The Bertz CT molecular complexity index is 573. The molecular formula is C16H20N4O. The first-order chi connectivity index (χ1) is 10.3. The maximum atomic E-state index is 11.7. The Morgan fingerprint density at radius 2 is 2.05 bits per heavy atom. The molecule has 0 spiro atoms. The minimum absolute atomic E-state index is 0.0980. The molecule has 1 saturated carbocycles. The number of hydrogen-bond donors (Lipinski definition) is 3. The number of benzene rings is 1. The van der Waals surface area contributed by atoms with E-state index in [0.29, 0.717) is 19.0 Å². The topological polar surface area (TPSA) is 69.8 Å². The van der Waals surface area contributed by atoms with Crippen LogP contribution in [0.1, 0.15) is 24.8 Å². The van der Waals surface area contributed by atoms with Crippen LogP contribution in [-0.2, 0) is 11.3 Å². The highest BCUT2D eigenvalue weighted by molar-refractivity contribution is 5.76. The van der Waals surface area contributed by atoms with Crippen LogP contribution >= 0.6 is 0 Å². The molecule has 3 rings (SSSR count). The van der Waals surface area contributed by atoms with Crippen LogP contribution in [0.25, 0.3) is 11.3 Å². The summed E-state index contributed by atoms with van der Waals surface area (Å²) in [6.07, 6.45) is 4.79. The Balaban J connectivity index is 1.43. The molecule has 1 aliphatic rings. The lowest BCUT2D eigenvalue weighted by atomic mass is 10.1. The molecular weight excluding hydrogens is 264 g/mol. The lowest BCUT2D eigenvalue weighted by Gasteiger charge is -2.07. The van der Waals surface area contributed by atoms with Gasteiger partial charge in [-0.1, -0.05) is 24.3 Å². The molecule has 0 unspecified atom stereocenters. The molecule has 1 aromatic heterocycles. The van der Waals surface area contributed by atoms with E-state index in [1.54, 1.807) is 6.20 Å². The Labute approximate surface area is 124 Å². The van der Waals surface area contributed by atoms with Crippen molar-refractivity contribution in [1.29, 1.82) is 0 Å². The van der Waals surface area contributed by atoms with Crippen molar-refractivity contribution >= 4 is 5.91 Å². The summed E-state index contributed by atoms with van der Waals surface area (Å²) in [7, 11) is 0. The molecule has 3 N–H and O–H groups in total. The molecule has 5 nitrogen and oxygen atoms in total. The predicted octanol–water partition coefficient (Wildman–Crippen LogP) is 1.83. The van der Waals surface area contributed by atoms with Gasteiger partial charge in [0, 0.05) is 31.7 Å². The van der Waals surface area contributed by atoms with Gasteiger partial charge in [-0.15, -0.1) is 0 Å². The third-order valence-electron chi connectivity index (χ3n) is 3.62. The van der Waals surface area contributed by atoms with Crippen LogP contribution in [0.15, 0.2) is 36.5 Å². The lowest BCUT2D eigenvalue weighted by molar-refractivity contribution is -0.121. The number of H-pyrrole nitrogens is 1. The van der Waals surface area contributed by atoms with Gasteiger partial charge in [0.05, 0.1) is 5.69 Å². The zero-order chi connectivity index (χ0) is 14.5. The average molecular weight is 284 g/mol. The molecule has 0 radical (unpaired) electrons. The number of aromatic amines is 1. The molecule has 5 heteroatoms. The van der Waals surface area contributed by atoms with Gasteiger partial charge in [-0.25, -0.2) is 0 Å². The van der Waals surface area contributed by atoms with Gasteiger partial charge in [-0.2, -0.15) is 5.10 Å². The zero-order valence-corrected chi connectivity index (χ0v) is 11.9. The number of carbonyl (C=O) groups is 1. The largest absolute Gasteiger partial charge is 0.352 e. The summed E-state index contributed by atoms with van der Waals surface area (Å²) in [5.41, 5.74) is 3.19. The van der Waals surface area contributed by atoms with Gasteiger partial charge >= 0.3 is 0 Å². The zero-order valence-electron chi connectivity index (χ0n) is 11.9. The fraction of sp³-hybridized carbons (Fsp3) is 0.375. The van der Waals surface area contributed by atoms with E-state index in [1.165, 1.54) is 12.8 Å². The maximum Gasteiger partial charge on any atom is 0.221 e. The van der Waals surface area contributed by atoms with Gasteiger partial charge in [0.25, 0.3) is 0 Å². The molecule has 1 heterocycles. The fourth-order valence-corrected chi connectivity index (χ4v) is 2.19. The summed E-state index contributed by atoms with van der Waals surface area (Å²) >= 11 is 0. The standard InChI is InChI=1S/C16H20N4O/c21-16(8-9-17-14-5-6-14)18-11-12-1-3-13(4-2-12)15-7-10-19-20-15/h1-4,7,10,14,17H,5-6,8-9,11H2,(H,18,21)(H,19,20). The van der Waals surface area contributed by atoms with E-state index in [0.717, 1.165) is 23.4 Å². The first-order valence-corrected chi connectivity index (χ1v) is 7.40. The highest BCUT2D eigenvalue weighted by Crippen LogP contribution is 2.18. The molecule has 0 atom stereocenters. The minimum atomic E-state index is 0.0980. The van der Waals surface area contributed by atoms with Gasteiger partial charge in [0.2, 0.25) is 5.91 Å². The van der Waals surface area contributed by atoms with Crippen molar-refractivity contribution < 1.29 is 4.79 Å². The van der Waals surface area contributed by atoms with Crippen LogP contribution in [0.2, 0.25) is 0 Å². The first kappa shape index (κ1) is 13.8. The summed E-state index contributed by atoms with van der Waals surface area (Å²) in [4.78, 5) is 11.7. The van der Waals surface area contributed by atoms with Crippen molar-refractivity contribution in [2.24, 2.45) is 0 Å². The second kappa shape index (κ2) is 6.54. The summed E-state index contributed by atoms with van der Waals surface area (Å²) in [6.45, 7) is 1.35. The SMILES string of the molecule is O=C(CCNC1CC1)NCc1ccc(-c2ccn[nH]2)cc1. The molecule has 1 aromatic carbocycles. The lowest BCUT2D eigenvalue weighted by Crippen LogP contribution is -2.28. The molecule has 2 aromatic rings. The van der Waals surface area contributed by atoms with E-state index in [2.05, 4.69) is 20.8 Å². The van der Waals surface area contributed by atoms with Crippen molar-refractivity contribution in [3.05, 3.63) is 42.1 Å². The van der Waals surface area contributed by atoms with Gasteiger partial charge in [-0.05, 0) is 30.0 Å². The van der Waals surface area contributed by atoms with E-state index in [-0.39, 0.29) is 5.91 Å². The quantitative estimate of drug-likeness (QED) is 0.726. The fourth-order valence-electron chi connectivity index (χ4n) is 2.19. The summed E-state index contributed by atoms with van der Waals surface area (Å²) in [5, 5.41) is 13.2. The molecule has 21 heavy (non-hydrogen) atoms. The number of rotatable bonds is 7. The second-order valence-electron chi connectivity index (χ2n) is 5.42. The number of aromatic nitrogens is 2. The van der Waals surface area contributed by atoms with Gasteiger partial charge in [-0.3, -0.25) is 9.89 Å². The van der Waals surface area contributed by atoms with Crippen molar-refractivity contribution in [3.8, 4) is 11.3 Å². The molecule has 0 saturated heterocycles. The summed E-state index contributed by atoms with van der Waals surface area (Å²) in [6, 6.07) is 10.7. The molecule has 1 amide bonds. The van der Waals surface area contributed by atoms with E-state index in [4.69, 9.17) is 0 Å². The Hall–Kier alpha value is -2.14. The number of carbonyl (C=O) groups excluding carboxylic acids is 1.